The van der Waals surface area contributed by atoms with E-state index < -0.39 is 5.76 Å². The highest BCUT2D eigenvalue weighted by Crippen LogP contribution is 2.21. The van der Waals surface area contributed by atoms with E-state index in [1.807, 2.05) is 4.90 Å². The van der Waals surface area contributed by atoms with Crippen molar-refractivity contribution in [1.29, 1.82) is 0 Å². The van der Waals surface area contributed by atoms with Crippen LogP contribution in [0.5, 0.6) is 0 Å². The van der Waals surface area contributed by atoms with Crippen molar-refractivity contribution in [2.24, 2.45) is 11.8 Å². The number of carbonyl (C=O) groups excluding carboxylic acids is 1. The fourth-order valence-electron chi connectivity index (χ4n) is 3.11. The van der Waals surface area contributed by atoms with Gasteiger partial charge in [0.05, 0.1) is 0 Å². The number of hydrogen-bond donors (Lipinski definition) is 0. The molecule has 1 amide bonds. The van der Waals surface area contributed by atoms with Gasteiger partial charge in [-0.2, -0.15) is 4.68 Å². The average molecular weight is 316 g/mol. The molecule has 1 fully saturated rings. The second-order valence-electron chi connectivity index (χ2n) is 6.31. The summed E-state index contributed by atoms with van der Waals surface area (Å²) in [7, 11) is 0. The zero-order valence-corrected chi connectivity index (χ0v) is 13.3. The lowest BCUT2D eigenvalue weighted by atomic mass is 9.92. The molecule has 1 aliphatic heterocycles. The van der Waals surface area contributed by atoms with E-state index in [0.29, 0.717) is 17.4 Å². The molecule has 0 aromatic carbocycles. The molecule has 122 valence electrons. The molecule has 7 nitrogen and oxygen atoms in total. The van der Waals surface area contributed by atoms with Crippen LogP contribution in [0, 0.1) is 11.8 Å². The van der Waals surface area contributed by atoms with Crippen LogP contribution in [0.4, 0.5) is 0 Å². The normalized spacial score (nSPS) is 21.4. The van der Waals surface area contributed by atoms with Gasteiger partial charge in [-0.1, -0.05) is 13.8 Å². The zero-order chi connectivity index (χ0) is 16.4. The summed E-state index contributed by atoms with van der Waals surface area (Å²) < 4.78 is 6.21. The van der Waals surface area contributed by atoms with E-state index in [2.05, 4.69) is 23.9 Å². The summed E-state index contributed by atoms with van der Waals surface area (Å²) in [5, 5.41) is 4.12. The average Bonchev–Trinajstić information content (AvgIpc) is 2.88. The van der Waals surface area contributed by atoms with E-state index in [-0.39, 0.29) is 18.3 Å². The number of likely N-dealkylation sites (tertiary alicyclic amines) is 1. The topological polar surface area (TPSA) is 81.2 Å². The lowest BCUT2D eigenvalue weighted by Gasteiger charge is -2.34. The first-order valence-electron chi connectivity index (χ1n) is 7.79. The van der Waals surface area contributed by atoms with Gasteiger partial charge in [0, 0.05) is 31.0 Å². The Morgan fingerprint density at radius 1 is 1.26 bits per heavy atom. The lowest BCUT2D eigenvalue weighted by Crippen LogP contribution is -2.44. The number of pyridine rings is 1. The van der Waals surface area contributed by atoms with Gasteiger partial charge in [0.1, 0.15) is 6.54 Å². The van der Waals surface area contributed by atoms with Crippen molar-refractivity contribution >= 4 is 5.91 Å². The minimum Gasteiger partial charge on any atom is -0.388 e. The van der Waals surface area contributed by atoms with Crippen molar-refractivity contribution in [3.05, 3.63) is 35.1 Å². The molecule has 0 aliphatic carbocycles. The fourth-order valence-corrected chi connectivity index (χ4v) is 3.11. The van der Waals surface area contributed by atoms with Gasteiger partial charge in [0.25, 0.3) is 0 Å². The van der Waals surface area contributed by atoms with Gasteiger partial charge in [-0.25, -0.2) is 4.79 Å². The summed E-state index contributed by atoms with van der Waals surface area (Å²) in [6.45, 7) is 5.65. The maximum atomic E-state index is 12.4. The second kappa shape index (κ2) is 6.36. The molecule has 3 heterocycles. The fraction of sp³-hybridized carbons (Fsp3) is 0.500. The molecule has 0 N–H and O–H groups in total. The smallest absolute Gasteiger partial charge is 0.388 e. The number of piperidine rings is 1. The van der Waals surface area contributed by atoms with Crippen LogP contribution in [-0.2, 0) is 11.3 Å². The summed E-state index contributed by atoms with van der Waals surface area (Å²) in [5.41, 5.74) is 0.656. The van der Waals surface area contributed by atoms with Crippen molar-refractivity contribution in [2.45, 2.75) is 26.8 Å². The highest BCUT2D eigenvalue weighted by atomic mass is 16.4. The Bertz CT molecular complexity index is 727. The zero-order valence-electron chi connectivity index (χ0n) is 13.3. The third-order valence-electron chi connectivity index (χ3n) is 4.04. The van der Waals surface area contributed by atoms with Crippen molar-refractivity contribution < 1.29 is 9.21 Å². The first-order chi connectivity index (χ1) is 11.0. The van der Waals surface area contributed by atoms with E-state index in [9.17, 15) is 9.59 Å². The third-order valence-corrected chi connectivity index (χ3v) is 4.04. The number of aromatic nitrogens is 3. The lowest BCUT2D eigenvalue weighted by molar-refractivity contribution is -0.134. The number of rotatable bonds is 3. The van der Waals surface area contributed by atoms with Crippen molar-refractivity contribution in [2.75, 3.05) is 13.1 Å². The first kappa shape index (κ1) is 15.5. The van der Waals surface area contributed by atoms with Gasteiger partial charge in [0.15, 0.2) is 0 Å². The summed E-state index contributed by atoms with van der Waals surface area (Å²) in [4.78, 5) is 30.1. The summed E-state index contributed by atoms with van der Waals surface area (Å²) >= 11 is 0. The van der Waals surface area contributed by atoms with Crippen molar-refractivity contribution in [3.8, 4) is 11.5 Å². The molecule has 23 heavy (non-hydrogen) atoms. The summed E-state index contributed by atoms with van der Waals surface area (Å²) in [5.74, 6) is 0.433. The Hall–Kier alpha value is -2.44. The van der Waals surface area contributed by atoms with Crippen molar-refractivity contribution in [3.63, 3.8) is 0 Å². The Morgan fingerprint density at radius 3 is 2.57 bits per heavy atom. The highest BCUT2D eigenvalue weighted by molar-refractivity contribution is 5.76. The van der Waals surface area contributed by atoms with E-state index in [1.54, 1.807) is 24.5 Å². The summed E-state index contributed by atoms with van der Waals surface area (Å²) in [6.07, 6.45) is 4.31. The Labute approximate surface area is 133 Å². The molecule has 0 bridgehead atoms. The Balaban J connectivity index is 1.74. The van der Waals surface area contributed by atoms with E-state index in [0.717, 1.165) is 24.2 Å². The maximum Gasteiger partial charge on any atom is 0.437 e. The van der Waals surface area contributed by atoms with Crippen LogP contribution >= 0.6 is 0 Å². The van der Waals surface area contributed by atoms with Crippen LogP contribution in [0.25, 0.3) is 11.5 Å². The van der Waals surface area contributed by atoms with Gasteiger partial charge in [-0.3, -0.25) is 9.78 Å². The molecule has 1 saturated heterocycles. The van der Waals surface area contributed by atoms with Crippen LogP contribution in [0.3, 0.4) is 0 Å². The van der Waals surface area contributed by atoms with Crippen LogP contribution in [0.1, 0.15) is 20.3 Å². The number of amides is 1. The highest BCUT2D eigenvalue weighted by Gasteiger charge is 2.26. The molecule has 0 unspecified atom stereocenters. The van der Waals surface area contributed by atoms with Crippen molar-refractivity contribution in [1.82, 2.24) is 19.7 Å². The van der Waals surface area contributed by atoms with E-state index in [4.69, 9.17) is 4.42 Å². The molecular weight excluding hydrogens is 296 g/mol. The SMILES string of the molecule is C[C@H]1C[C@H](C)CN(C(=O)Cn2nc(-c3ccncc3)oc2=O)C1. The Morgan fingerprint density at radius 2 is 1.91 bits per heavy atom. The molecule has 2 aromatic rings. The van der Waals surface area contributed by atoms with Crippen LogP contribution in [-0.4, -0.2) is 38.7 Å². The molecule has 0 radical (unpaired) electrons. The van der Waals surface area contributed by atoms with Crippen LogP contribution in [0.2, 0.25) is 0 Å². The largest absolute Gasteiger partial charge is 0.437 e. The van der Waals surface area contributed by atoms with Gasteiger partial charge in [-0.15, -0.1) is 5.10 Å². The minimum absolute atomic E-state index is 0.0904. The number of hydrogen-bond acceptors (Lipinski definition) is 5. The standard InChI is InChI=1S/C16H20N4O3/c1-11-7-12(2)9-19(8-11)14(21)10-20-16(22)23-15(18-20)13-3-5-17-6-4-13/h3-6,11-12H,7-10H2,1-2H3/t11-,12-/m0/s1. The molecular formula is C16H20N4O3. The Kier molecular flexibility index (Phi) is 4.27. The molecule has 0 saturated carbocycles. The maximum absolute atomic E-state index is 12.4. The predicted molar refractivity (Wildman–Crippen MR) is 83.5 cm³/mol. The number of nitrogens with zero attached hydrogens (tertiary/aromatic N) is 4. The van der Waals surface area contributed by atoms with Crippen LogP contribution in [0.15, 0.2) is 33.7 Å². The number of carbonyl (C=O) groups is 1. The second-order valence-corrected chi connectivity index (χ2v) is 6.31. The monoisotopic (exact) mass is 316 g/mol. The quantitative estimate of drug-likeness (QED) is 0.855. The van der Waals surface area contributed by atoms with E-state index >= 15 is 0 Å². The van der Waals surface area contributed by atoms with Gasteiger partial charge < -0.3 is 9.32 Å². The van der Waals surface area contributed by atoms with Gasteiger partial charge in [-0.05, 0) is 30.4 Å². The summed E-state index contributed by atoms with van der Waals surface area (Å²) in [6, 6.07) is 3.40. The predicted octanol–water partition coefficient (Wildman–Crippen LogP) is 1.40. The molecule has 2 atom stereocenters. The first-order valence-corrected chi connectivity index (χ1v) is 7.79. The molecule has 7 heteroatoms. The molecule has 3 rings (SSSR count). The molecule has 1 aliphatic rings. The molecule has 2 aromatic heterocycles. The minimum atomic E-state index is -0.622. The van der Waals surface area contributed by atoms with E-state index in [1.165, 1.54) is 0 Å². The van der Waals surface area contributed by atoms with Gasteiger partial charge in [0.2, 0.25) is 11.8 Å². The molecule has 0 spiro atoms. The van der Waals surface area contributed by atoms with Gasteiger partial charge >= 0.3 is 5.76 Å². The van der Waals surface area contributed by atoms with Crippen LogP contribution < -0.4 is 5.76 Å². The third kappa shape index (κ3) is 3.49.